The van der Waals surface area contributed by atoms with Crippen LogP contribution in [-0.4, -0.2) is 31.5 Å². The zero-order valence-corrected chi connectivity index (χ0v) is 18.0. The highest BCUT2D eigenvalue weighted by Crippen LogP contribution is 2.30. The van der Waals surface area contributed by atoms with Gasteiger partial charge in [0, 0.05) is 18.7 Å². The van der Waals surface area contributed by atoms with Gasteiger partial charge in [0.15, 0.2) is 5.75 Å². The molecule has 0 fully saturated rings. The molecule has 10 heteroatoms. The number of hydrogen-bond acceptors (Lipinski definition) is 4. The van der Waals surface area contributed by atoms with Crippen molar-refractivity contribution < 1.29 is 31.1 Å². The number of nitrogens with one attached hydrogen (secondary N) is 1. The molecule has 6 nitrogen and oxygen atoms in total. The van der Waals surface area contributed by atoms with Crippen molar-refractivity contribution in [3.63, 3.8) is 0 Å². The van der Waals surface area contributed by atoms with E-state index in [1.807, 2.05) is 24.3 Å². The molecule has 1 aliphatic rings. The number of nitrogens with zero attached hydrogens (tertiary/aromatic N) is 1. The Hall–Kier alpha value is -3.37. The average Bonchev–Trinajstić information content (AvgIpc) is 2.79. The predicted molar refractivity (Wildman–Crippen MR) is 115 cm³/mol. The number of benzene rings is 3. The monoisotopic (exact) mass is 476 g/mol. The first-order valence-corrected chi connectivity index (χ1v) is 11.4. The number of sulfonamides is 1. The summed E-state index contributed by atoms with van der Waals surface area (Å²) in [6, 6.07) is 18.0. The summed E-state index contributed by atoms with van der Waals surface area (Å²) in [5.41, 5.74) is 1.98. The summed E-state index contributed by atoms with van der Waals surface area (Å²) in [6.07, 6.45) is -4.30. The van der Waals surface area contributed by atoms with Gasteiger partial charge in [0.1, 0.15) is 0 Å². The van der Waals surface area contributed by atoms with Gasteiger partial charge < -0.3 is 10.1 Å². The second kappa shape index (κ2) is 8.87. The van der Waals surface area contributed by atoms with Crippen molar-refractivity contribution in [3.05, 3.63) is 89.5 Å². The largest absolute Gasteiger partial charge is 0.573 e. The van der Waals surface area contributed by atoms with Gasteiger partial charge in [-0.1, -0.05) is 36.4 Å². The Balaban J connectivity index is 1.49. The van der Waals surface area contributed by atoms with Gasteiger partial charge in [0.25, 0.3) is 5.91 Å². The normalized spacial score (nSPS) is 14.4. The Morgan fingerprint density at radius 1 is 0.909 bits per heavy atom. The van der Waals surface area contributed by atoms with Crippen molar-refractivity contribution in [1.29, 1.82) is 0 Å². The third-order valence-electron chi connectivity index (χ3n) is 5.21. The van der Waals surface area contributed by atoms with Gasteiger partial charge in [-0.2, -0.15) is 4.31 Å². The summed E-state index contributed by atoms with van der Waals surface area (Å²) in [4.78, 5) is 12.6. The summed E-state index contributed by atoms with van der Waals surface area (Å²) in [6.45, 7) is 0.605. The van der Waals surface area contributed by atoms with Crippen molar-refractivity contribution in [2.45, 2.75) is 24.2 Å². The van der Waals surface area contributed by atoms with Gasteiger partial charge in [0.2, 0.25) is 10.0 Å². The zero-order chi connectivity index (χ0) is 23.6. The molecular formula is C23H19F3N2O4S. The molecule has 0 atom stereocenters. The number of para-hydroxylation sites is 2. The summed E-state index contributed by atoms with van der Waals surface area (Å²) in [7, 11) is -3.78. The smallest absolute Gasteiger partial charge is 0.404 e. The molecule has 33 heavy (non-hydrogen) atoms. The average molecular weight is 476 g/mol. The van der Waals surface area contributed by atoms with Gasteiger partial charge in [-0.25, -0.2) is 8.42 Å². The lowest BCUT2D eigenvalue weighted by molar-refractivity contribution is -0.274. The maximum Gasteiger partial charge on any atom is 0.573 e. The molecule has 0 spiro atoms. The van der Waals surface area contributed by atoms with Gasteiger partial charge in [0.05, 0.1) is 10.6 Å². The number of hydrogen-bond donors (Lipinski definition) is 1. The van der Waals surface area contributed by atoms with Crippen molar-refractivity contribution >= 4 is 21.6 Å². The van der Waals surface area contributed by atoms with Crippen molar-refractivity contribution in [1.82, 2.24) is 4.31 Å². The molecule has 1 heterocycles. The molecule has 0 bridgehead atoms. The fourth-order valence-electron chi connectivity index (χ4n) is 3.58. The number of halogens is 3. The van der Waals surface area contributed by atoms with E-state index in [1.165, 1.54) is 46.8 Å². The highest BCUT2D eigenvalue weighted by molar-refractivity contribution is 7.89. The molecular weight excluding hydrogens is 457 g/mol. The number of amides is 1. The predicted octanol–water partition coefficient (Wildman–Crippen LogP) is 4.58. The van der Waals surface area contributed by atoms with Crippen LogP contribution in [0.2, 0.25) is 0 Å². The number of carbonyl (C=O) groups excluding carboxylic acids is 1. The minimum atomic E-state index is -4.91. The first kappa shape index (κ1) is 22.8. The lowest BCUT2D eigenvalue weighted by atomic mass is 10.0. The van der Waals surface area contributed by atoms with Crippen LogP contribution < -0.4 is 10.1 Å². The van der Waals surface area contributed by atoms with Crippen LogP contribution in [0, 0.1) is 0 Å². The van der Waals surface area contributed by atoms with E-state index in [1.54, 1.807) is 0 Å². The Morgan fingerprint density at radius 2 is 1.55 bits per heavy atom. The molecule has 0 aliphatic carbocycles. The highest BCUT2D eigenvalue weighted by atomic mass is 32.2. The molecule has 0 aromatic heterocycles. The molecule has 0 saturated carbocycles. The van der Waals surface area contributed by atoms with Crippen LogP contribution in [0.25, 0.3) is 0 Å². The van der Waals surface area contributed by atoms with E-state index in [0.29, 0.717) is 13.0 Å². The van der Waals surface area contributed by atoms with Crippen LogP contribution in [0.1, 0.15) is 21.5 Å². The fourth-order valence-corrected chi connectivity index (χ4v) is 5.00. The minimum Gasteiger partial charge on any atom is -0.404 e. The lowest BCUT2D eigenvalue weighted by Crippen LogP contribution is -2.35. The molecule has 172 valence electrons. The van der Waals surface area contributed by atoms with E-state index in [9.17, 15) is 26.4 Å². The highest BCUT2D eigenvalue weighted by Gasteiger charge is 2.32. The molecule has 0 saturated heterocycles. The van der Waals surface area contributed by atoms with E-state index in [4.69, 9.17) is 0 Å². The topological polar surface area (TPSA) is 75.7 Å². The van der Waals surface area contributed by atoms with Crippen LogP contribution in [-0.2, 0) is 23.0 Å². The number of fused-ring (bicyclic) bond motifs is 1. The van der Waals surface area contributed by atoms with Gasteiger partial charge in [-0.15, -0.1) is 13.2 Å². The molecule has 0 radical (unpaired) electrons. The summed E-state index contributed by atoms with van der Waals surface area (Å²) in [5.74, 6) is -1.26. The molecule has 3 aromatic carbocycles. The van der Waals surface area contributed by atoms with Gasteiger partial charge >= 0.3 is 6.36 Å². The first-order chi connectivity index (χ1) is 15.6. The molecule has 1 aliphatic heterocycles. The lowest BCUT2D eigenvalue weighted by Gasteiger charge is -2.28. The van der Waals surface area contributed by atoms with Crippen LogP contribution >= 0.6 is 0 Å². The molecule has 1 amide bonds. The third kappa shape index (κ3) is 5.18. The van der Waals surface area contributed by atoms with E-state index in [0.717, 1.165) is 17.2 Å². The molecule has 0 unspecified atom stereocenters. The Bertz CT molecular complexity index is 1280. The van der Waals surface area contributed by atoms with Crippen molar-refractivity contribution in [2.75, 3.05) is 11.9 Å². The van der Waals surface area contributed by atoms with Crippen LogP contribution in [0.5, 0.6) is 5.75 Å². The van der Waals surface area contributed by atoms with E-state index in [-0.39, 0.29) is 22.7 Å². The SMILES string of the molecule is O=C(Nc1ccccc1OC(F)(F)F)c1ccc(S(=O)(=O)N2CCc3ccccc3C2)cc1. The molecule has 1 N–H and O–H groups in total. The number of alkyl halides is 3. The quantitative estimate of drug-likeness (QED) is 0.585. The second-order valence-corrected chi connectivity index (χ2v) is 9.32. The number of carbonyl (C=O) groups is 1. The molecule has 4 rings (SSSR count). The van der Waals surface area contributed by atoms with Crippen LogP contribution in [0.4, 0.5) is 18.9 Å². The summed E-state index contributed by atoms with van der Waals surface area (Å²) >= 11 is 0. The van der Waals surface area contributed by atoms with E-state index >= 15 is 0 Å². The fraction of sp³-hybridized carbons (Fsp3) is 0.174. The number of ether oxygens (including phenoxy) is 1. The standard InChI is InChI=1S/C23H19F3N2O4S/c24-23(25,26)32-21-8-4-3-7-20(21)27-22(29)17-9-11-19(12-10-17)33(30,31)28-14-13-16-5-1-2-6-18(16)15-28/h1-12H,13-15H2,(H,27,29). The minimum absolute atomic E-state index is 0.0271. The maximum absolute atomic E-state index is 13.0. The Morgan fingerprint density at radius 3 is 2.24 bits per heavy atom. The van der Waals surface area contributed by atoms with Gasteiger partial charge in [-0.3, -0.25) is 4.79 Å². The zero-order valence-electron chi connectivity index (χ0n) is 17.2. The van der Waals surface area contributed by atoms with Crippen LogP contribution in [0.3, 0.4) is 0 Å². The second-order valence-electron chi connectivity index (χ2n) is 7.38. The summed E-state index contributed by atoms with van der Waals surface area (Å²) < 4.78 is 69.1. The van der Waals surface area contributed by atoms with E-state index in [2.05, 4.69) is 10.1 Å². The van der Waals surface area contributed by atoms with Crippen molar-refractivity contribution in [2.24, 2.45) is 0 Å². The molecule has 3 aromatic rings. The van der Waals surface area contributed by atoms with Crippen molar-refractivity contribution in [3.8, 4) is 5.75 Å². The number of anilines is 1. The maximum atomic E-state index is 13.0. The third-order valence-corrected chi connectivity index (χ3v) is 7.07. The Kier molecular flexibility index (Phi) is 6.13. The Labute approximate surface area is 188 Å². The first-order valence-electron chi connectivity index (χ1n) is 9.96. The van der Waals surface area contributed by atoms with E-state index < -0.39 is 28.0 Å². The van der Waals surface area contributed by atoms with Crippen LogP contribution in [0.15, 0.2) is 77.7 Å². The van der Waals surface area contributed by atoms with Gasteiger partial charge in [-0.05, 0) is 53.9 Å². The summed E-state index contributed by atoms with van der Waals surface area (Å²) in [5, 5.41) is 2.36. The number of rotatable bonds is 5.